The van der Waals surface area contributed by atoms with Gasteiger partial charge in [-0.1, -0.05) is 6.92 Å². The molecule has 16 heavy (non-hydrogen) atoms. The summed E-state index contributed by atoms with van der Waals surface area (Å²) in [6.07, 6.45) is 0.912. The van der Waals surface area contributed by atoms with E-state index in [1.54, 1.807) is 0 Å². The highest BCUT2D eigenvalue weighted by molar-refractivity contribution is 5.91. The highest BCUT2D eigenvalue weighted by atomic mass is 16.5. The number of ether oxygens (including phenoxy) is 1. The van der Waals surface area contributed by atoms with E-state index in [1.807, 2.05) is 37.2 Å². The number of hydrogen-bond donors (Lipinski definition) is 1. The van der Waals surface area contributed by atoms with Crippen molar-refractivity contribution in [2.24, 2.45) is 4.99 Å². The Morgan fingerprint density at radius 3 is 2.81 bits per heavy atom. The van der Waals surface area contributed by atoms with Crippen LogP contribution in [0.3, 0.4) is 0 Å². The molecule has 2 rings (SSSR count). The van der Waals surface area contributed by atoms with Crippen molar-refractivity contribution in [1.29, 1.82) is 0 Å². The minimum absolute atomic E-state index is 0.0179. The van der Waals surface area contributed by atoms with Crippen molar-refractivity contribution in [2.45, 2.75) is 19.4 Å². The van der Waals surface area contributed by atoms with Crippen molar-refractivity contribution in [3.8, 4) is 5.75 Å². The molecule has 0 spiro atoms. The van der Waals surface area contributed by atoms with E-state index < -0.39 is 0 Å². The first-order valence-corrected chi connectivity index (χ1v) is 5.44. The van der Waals surface area contributed by atoms with E-state index in [1.165, 1.54) is 0 Å². The van der Waals surface area contributed by atoms with E-state index in [0.29, 0.717) is 5.69 Å². The third kappa shape index (κ3) is 1.83. The van der Waals surface area contributed by atoms with Crippen molar-refractivity contribution < 1.29 is 4.74 Å². The predicted molar refractivity (Wildman–Crippen MR) is 66.3 cm³/mol. The molecule has 0 bridgehead atoms. The highest BCUT2D eigenvalue weighted by Crippen LogP contribution is 2.34. The van der Waals surface area contributed by atoms with Crippen LogP contribution >= 0.6 is 0 Å². The quantitative estimate of drug-likeness (QED) is 0.735. The Balaban J connectivity index is 2.44. The number of aliphatic imine (C=N–C) groups is 1. The lowest BCUT2D eigenvalue weighted by molar-refractivity contribution is 0.243. The maximum Gasteiger partial charge on any atom is 0.156 e. The lowest BCUT2D eigenvalue weighted by Crippen LogP contribution is -2.38. The first-order valence-electron chi connectivity index (χ1n) is 5.44. The molecule has 4 nitrogen and oxygen atoms in total. The number of benzene rings is 1. The van der Waals surface area contributed by atoms with Crippen LogP contribution in [0.15, 0.2) is 23.2 Å². The fraction of sp³-hybridized carbons (Fsp3) is 0.417. The molecule has 1 atom stereocenters. The van der Waals surface area contributed by atoms with E-state index in [9.17, 15) is 0 Å². The van der Waals surface area contributed by atoms with Gasteiger partial charge in [-0.05, 0) is 18.6 Å². The highest BCUT2D eigenvalue weighted by Gasteiger charge is 2.24. The molecule has 0 fully saturated rings. The Morgan fingerprint density at radius 1 is 1.44 bits per heavy atom. The zero-order chi connectivity index (χ0) is 11.7. The number of nitrogen functional groups attached to an aromatic ring is 1. The molecule has 0 amide bonds. The molecule has 0 aromatic heterocycles. The summed E-state index contributed by atoms with van der Waals surface area (Å²) in [4.78, 5) is 6.59. The number of anilines is 1. The van der Waals surface area contributed by atoms with Crippen LogP contribution in [0.25, 0.3) is 0 Å². The summed E-state index contributed by atoms with van der Waals surface area (Å²) < 4.78 is 5.88. The SMILES string of the molecule is CCC1Oc2cc(N)ccc2N=C1N(C)C. The van der Waals surface area contributed by atoms with Gasteiger partial charge >= 0.3 is 0 Å². The molecule has 4 heteroatoms. The molecular weight excluding hydrogens is 202 g/mol. The normalized spacial score (nSPS) is 18.4. The van der Waals surface area contributed by atoms with Gasteiger partial charge in [0, 0.05) is 25.8 Å². The first-order chi connectivity index (χ1) is 7.61. The molecule has 0 radical (unpaired) electrons. The number of fused-ring (bicyclic) bond motifs is 1. The second kappa shape index (κ2) is 4.04. The first kappa shape index (κ1) is 10.8. The van der Waals surface area contributed by atoms with E-state index in [4.69, 9.17) is 10.5 Å². The number of amidine groups is 1. The zero-order valence-electron chi connectivity index (χ0n) is 9.90. The van der Waals surface area contributed by atoms with Gasteiger partial charge in [-0.3, -0.25) is 0 Å². The summed E-state index contributed by atoms with van der Waals surface area (Å²) in [5.41, 5.74) is 7.28. The minimum Gasteiger partial charge on any atom is -0.480 e. The van der Waals surface area contributed by atoms with E-state index in [2.05, 4.69) is 11.9 Å². The van der Waals surface area contributed by atoms with Crippen LogP contribution in [-0.4, -0.2) is 30.9 Å². The standard InChI is InChI=1S/C12H17N3O/c1-4-10-12(15(2)3)14-9-6-5-8(13)7-11(9)16-10/h5-7,10H,4,13H2,1-3H3. The van der Waals surface area contributed by atoms with Gasteiger partial charge < -0.3 is 15.4 Å². The zero-order valence-corrected chi connectivity index (χ0v) is 9.90. The summed E-state index contributed by atoms with van der Waals surface area (Å²) in [5, 5.41) is 0. The average molecular weight is 219 g/mol. The van der Waals surface area contributed by atoms with Gasteiger partial charge in [0.2, 0.25) is 0 Å². The third-order valence-corrected chi connectivity index (χ3v) is 2.61. The van der Waals surface area contributed by atoms with Gasteiger partial charge in [0.15, 0.2) is 6.10 Å². The van der Waals surface area contributed by atoms with Crippen LogP contribution in [0.1, 0.15) is 13.3 Å². The number of likely N-dealkylation sites (N-methyl/N-ethyl adjacent to an activating group) is 1. The summed E-state index contributed by atoms with van der Waals surface area (Å²) in [6.45, 7) is 2.08. The monoisotopic (exact) mass is 219 g/mol. The van der Waals surface area contributed by atoms with Crippen molar-refractivity contribution in [1.82, 2.24) is 4.90 Å². The van der Waals surface area contributed by atoms with E-state index in [-0.39, 0.29) is 6.10 Å². The van der Waals surface area contributed by atoms with Gasteiger partial charge in [-0.2, -0.15) is 0 Å². The molecule has 0 saturated heterocycles. The Labute approximate surface area is 95.7 Å². The minimum atomic E-state index is 0.0179. The van der Waals surface area contributed by atoms with Crippen LogP contribution in [-0.2, 0) is 0 Å². The second-order valence-corrected chi connectivity index (χ2v) is 4.11. The average Bonchev–Trinajstić information content (AvgIpc) is 2.26. The summed E-state index contributed by atoms with van der Waals surface area (Å²) in [5.74, 6) is 1.73. The summed E-state index contributed by atoms with van der Waals surface area (Å²) in [6, 6.07) is 5.55. The molecule has 2 N–H and O–H groups in total. The smallest absolute Gasteiger partial charge is 0.156 e. The fourth-order valence-electron chi connectivity index (χ4n) is 1.77. The van der Waals surface area contributed by atoms with E-state index in [0.717, 1.165) is 23.7 Å². The maximum atomic E-state index is 5.88. The van der Waals surface area contributed by atoms with E-state index >= 15 is 0 Å². The molecule has 1 heterocycles. The predicted octanol–water partition coefficient (Wildman–Crippen LogP) is 2.03. The molecule has 1 aromatic rings. The van der Waals surface area contributed by atoms with Crippen LogP contribution in [0.4, 0.5) is 11.4 Å². The molecular formula is C12H17N3O. The molecule has 1 aliphatic rings. The summed E-state index contributed by atoms with van der Waals surface area (Å²) >= 11 is 0. The van der Waals surface area contributed by atoms with Gasteiger partial charge in [-0.15, -0.1) is 0 Å². The van der Waals surface area contributed by atoms with Gasteiger partial charge in [0.05, 0.1) is 0 Å². The van der Waals surface area contributed by atoms with Crippen molar-refractivity contribution in [3.05, 3.63) is 18.2 Å². The molecule has 86 valence electrons. The second-order valence-electron chi connectivity index (χ2n) is 4.11. The Kier molecular flexibility index (Phi) is 2.73. The largest absolute Gasteiger partial charge is 0.480 e. The number of nitrogens with zero attached hydrogens (tertiary/aromatic N) is 2. The third-order valence-electron chi connectivity index (χ3n) is 2.61. The van der Waals surface area contributed by atoms with Gasteiger partial charge in [0.1, 0.15) is 17.3 Å². The molecule has 0 aliphatic carbocycles. The van der Waals surface area contributed by atoms with Gasteiger partial charge in [-0.25, -0.2) is 4.99 Å². The fourth-order valence-corrected chi connectivity index (χ4v) is 1.77. The Morgan fingerprint density at radius 2 is 2.19 bits per heavy atom. The maximum absolute atomic E-state index is 5.88. The molecule has 1 unspecified atom stereocenters. The lowest BCUT2D eigenvalue weighted by atomic mass is 10.2. The van der Waals surface area contributed by atoms with Crippen LogP contribution < -0.4 is 10.5 Å². The van der Waals surface area contributed by atoms with Crippen LogP contribution in [0.2, 0.25) is 0 Å². The van der Waals surface area contributed by atoms with Crippen LogP contribution in [0.5, 0.6) is 5.75 Å². The topological polar surface area (TPSA) is 50.9 Å². The number of rotatable bonds is 1. The van der Waals surface area contributed by atoms with Crippen LogP contribution in [0, 0.1) is 0 Å². The van der Waals surface area contributed by atoms with Crippen molar-refractivity contribution in [2.75, 3.05) is 19.8 Å². The molecule has 1 aromatic carbocycles. The van der Waals surface area contributed by atoms with Gasteiger partial charge in [0.25, 0.3) is 0 Å². The Bertz CT molecular complexity index is 426. The van der Waals surface area contributed by atoms with Crippen molar-refractivity contribution in [3.63, 3.8) is 0 Å². The number of hydrogen-bond acceptors (Lipinski definition) is 4. The molecule has 0 saturated carbocycles. The molecule has 1 aliphatic heterocycles. The lowest BCUT2D eigenvalue weighted by Gasteiger charge is -2.29. The van der Waals surface area contributed by atoms with Crippen molar-refractivity contribution >= 4 is 17.2 Å². The Hall–Kier alpha value is -1.71. The summed E-state index contributed by atoms with van der Waals surface area (Å²) in [7, 11) is 3.96. The number of nitrogens with two attached hydrogens (primary N) is 1.